The van der Waals surface area contributed by atoms with Crippen LogP contribution in [0.25, 0.3) is 10.9 Å². The van der Waals surface area contributed by atoms with E-state index >= 15 is 0 Å². The maximum absolute atomic E-state index is 12.1. The Hall–Kier alpha value is -2.59. The van der Waals surface area contributed by atoms with Crippen molar-refractivity contribution in [2.45, 2.75) is 12.5 Å². The number of nitrogens with one attached hydrogen (secondary N) is 2. The molecule has 3 rings (SSSR count). The van der Waals surface area contributed by atoms with Crippen LogP contribution in [0.2, 0.25) is 0 Å². The van der Waals surface area contributed by atoms with Gasteiger partial charge < -0.3 is 15.4 Å². The summed E-state index contributed by atoms with van der Waals surface area (Å²) in [5.74, 6) is -0.374. The fourth-order valence-electron chi connectivity index (χ4n) is 2.53. The number of fused-ring (bicyclic) bond motifs is 1. The van der Waals surface area contributed by atoms with E-state index in [0.717, 1.165) is 22.9 Å². The molecule has 4 heteroatoms. The van der Waals surface area contributed by atoms with Crippen molar-refractivity contribution < 1.29 is 9.90 Å². The van der Waals surface area contributed by atoms with E-state index < -0.39 is 6.10 Å². The van der Waals surface area contributed by atoms with Crippen LogP contribution in [0, 0.1) is 0 Å². The van der Waals surface area contributed by atoms with E-state index in [1.54, 1.807) is 6.20 Å². The first-order chi connectivity index (χ1) is 10.8. The molecule has 0 saturated heterocycles. The van der Waals surface area contributed by atoms with Crippen molar-refractivity contribution in [3.8, 4) is 0 Å². The second-order valence-corrected chi connectivity index (χ2v) is 5.22. The summed E-state index contributed by atoms with van der Waals surface area (Å²) < 4.78 is 0. The molecule has 0 aliphatic rings. The summed E-state index contributed by atoms with van der Waals surface area (Å²) in [6.45, 7) is 0.502. The zero-order valence-electron chi connectivity index (χ0n) is 12.1. The molecule has 0 bridgehead atoms. The van der Waals surface area contributed by atoms with Crippen LogP contribution in [-0.2, 0) is 11.2 Å². The molecule has 112 valence electrons. The summed E-state index contributed by atoms with van der Waals surface area (Å²) in [7, 11) is 0. The molecule has 3 aromatic rings. The molecule has 0 spiro atoms. The summed E-state index contributed by atoms with van der Waals surface area (Å²) in [6, 6.07) is 17.5. The number of aliphatic hydroxyl groups is 1. The minimum Gasteiger partial charge on any atom is -0.378 e. The second-order valence-electron chi connectivity index (χ2n) is 5.22. The number of rotatable bonds is 5. The van der Waals surface area contributed by atoms with Crippen LogP contribution in [-0.4, -0.2) is 22.5 Å². The number of benzene rings is 2. The molecule has 0 fully saturated rings. The largest absolute Gasteiger partial charge is 0.378 e. The fourth-order valence-corrected chi connectivity index (χ4v) is 2.53. The zero-order valence-corrected chi connectivity index (χ0v) is 12.1. The Kier molecular flexibility index (Phi) is 4.21. The number of H-pyrrole nitrogens is 1. The first-order valence-corrected chi connectivity index (χ1v) is 7.31. The first kappa shape index (κ1) is 14.4. The van der Waals surface area contributed by atoms with Crippen molar-refractivity contribution in [2.75, 3.05) is 6.54 Å². The zero-order chi connectivity index (χ0) is 15.4. The smallest absolute Gasteiger partial charge is 0.253 e. The lowest BCUT2D eigenvalue weighted by molar-refractivity contribution is -0.129. The average molecular weight is 294 g/mol. The Morgan fingerprint density at radius 1 is 1.09 bits per heavy atom. The van der Waals surface area contributed by atoms with Gasteiger partial charge in [-0.05, 0) is 18.1 Å². The third kappa shape index (κ3) is 3.02. The van der Waals surface area contributed by atoms with Crippen LogP contribution in [0.3, 0.4) is 0 Å². The molecule has 0 radical (unpaired) electrons. The van der Waals surface area contributed by atoms with Crippen molar-refractivity contribution >= 4 is 16.8 Å². The lowest BCUT2D eigenvalue weighted by Crippen LogP contribution is -2.30. The van der Waals surface area contributed by atoms with Gasteiger partial charge in [0.2, 0.25) is 0 Å². The Labute approximate surface area is 128 Å². The first-order valence-electron chi connectivity index (χ1n) is 7.31. The van der Waals surface area contributed by atoms with E-state index in [1.807, 2.05) is 54.6 Å². The molecule has 1 heterocycles. The fraction of sp³-hybridized carbons (Fsp3) is 0.167. The van der Waals surface area contributed by atoms with Crippen LogP contribution in [0.1, 0.15) is 17.2 Å². The molecule has 0 aliphatic heterocycles. The third-order valence-corrected chi connectivity index (χ3v) is 3.72. The quantitative estimate of drug-likeness (QED) is 0.677. The van der Waals surface area contributed by atoms with Crippen LogP contribution >= 0.6 is 0 Å². The minimum absolute atomic E-state index is 0.374. The number of hydrogen-bond donors (Lipinski definition) is 3. The van der Waals surface area contributed by atoms with Crippen molar-refractivity contribution in [3.63, 3.8) is 0 Å². The molecule has 4 nitrogen and oxygen atoms in total. The lowest BCUT2D eigenvalue weighted by atomic mass is 10.1. The molecule has 22 heavy (non-hydrogen) atoms. The number of aliphatic hydroxyl groups excluding tert-OH is 1. The van der Waals surface area contributed by atoms with E-state index in [4.69, 9.17) is 0 Å². The van der Waals surface area contributed by atoms with Gasteiger partial charge in [0.25, 0.3) is 5.91 Å². The van der Waals surface area contributed by atoms with E-state index in [2.05, 4.69) is 10.3 Å². The van der Waals surface area contributed by atoms with Gasteiger partial charge in [-0.15, -0.1) is 0 Å². The highest BCUT2D eigenvalue weighted by Crippen LogP contribution is 2.23. The molecular weight excluding hydrogens is 276 g/mol. The minimum atomic E-state index is -1.16. The summed E-state index contributed by atoms with van der Waals surface area (Å²) in [5, 5.41) is 13.9. The van der Waals surface area contributed by atoms with Gasteiger partial charge in [-0.25, -0.2) is 0 Å². The molecular formula is C18H18N2O2. The van der Waals surface area contributed by atoms with Gasteiger partial charge in [0.15, 0.2) is 6.10 Å². The van der Waals surface area contributed by atoms with Gasteiger partial charge in [-0.3, -0.25) is 4.79 Å². The highest BCUT2D eigenvalue weighted by molar-refractivity contribution is 5.90. The third-order valence-electron chi connectivity index (χ3n) is 3.72. The van der Waals surface area contributed by atoms with E-state index in [1.165, 1.54) is 0 Å². The topological polar surface area (TPSA) is 65.1 Å². The summed E-state index contributed by atoms with van der Waals surface area (Å²) in [6.07, 6.45) is 1.27. The standard InChI is InChI=1S/C18H18N2O2/c21-17(15-12-20-16-9-5-4-8-14(15)16)18(22)19-11-10-13-6-2-1-3-7-13/h1-9,12,17,20-21H,10-11H2,(H,19,22). The van der Waals surface area contributed by atoms with Crippen LogP contribution in [0.15, 0.2) is 60.8 Å². The number of aromatic nitrogens is 1. The Morgan fingerprint density at radius 3 is 2.64 bits per heavy atom. The average Bonchev–Trinajstić information content (AvgIpc) is 2.99. The van der Waals surface area contributed by atoms with Gasteiger partial charge in [-0.1, -0.05) is 48.5 Å². The molecule has 1 aromatic heterocycles. The molecule has 1 amide bonds. The van der Waals surface area contributed by atoms with Gasteiger partial charge >= 0.3 is 0 Å². The van der Waals surface area contributed by atoms with Crippen molar-refractivity contribution in [1.82, 2.24) is 10.3 Å². The summed E-state index contributed by atoms with van der Waals surface area (Å²) >= 11 is 0. The summed E-state index contributed by atoms with van der Waals surface area (Å²) in [5.41, 5.74) is 2.67. The van der Waals surface area contributed by atoms with Gasteiger partial charge in [0.1, 0.15) is 0 Å². The van der Waals surface area contributed by atoms with Gasteiger partial charge in [-0.2, -0.15) is 0 Å². The van der Waals surface area contributed by atoms with Crippen LogP contribution in [0.4, 0.5) is 0 Å². The lowest BCUT2D eigenvalue weighted by Gasteiger charge is -2.11. The molecule has 0 aliphatic carbocycles. The molecule has 0 saturated carbocycles. The van der Waals surface area contributed by atoms with E-state index in [-0.39, 0.29) is 5.91 Å². The second kappa shape index (κ2) is 6.45. The maximum Gasteiger partial charge on any atom is 0.253 e. The van der Waals surface area contributed by atoms with Gasteiger partial charge in [0.05, 0.1) is 0 Å². The molecule has 3 N–H and O–H groups in total. The number of aromatic amines is 1. The normalized spacial score (nSPS) is 12.2. The van der Waals surface area contributed by atoms with Crippen LogP contribution < -0.4 is 5.32 Å². The Morgan fingerprint density at radius 2 is 1.82 bits per heavy atom. The number of amides is 1. The predicted octanol–water partition coefficient (Wildman–Crippen LogP) is 2.56. The predicted molar refractivity (Wildman–Crippen MR) is 86.4 cm³/mol. The molecule has 1 unspecified atom stereocenters. The number of hydrogen-bond acceptors (Lipinski definition) is 2. The monoisotopic (exact) mass is 294 g/mol. The van der Waals surface area contributed by atoms with Crippen molar-refractivity contribution in [2.24, 2.45) is 0 Å². The van der Waals surface area contributed by atoms with Crippen LogP contribution in [0.5, 0.6) is 0 Å². The Balaban J connectivity index is 1.62. The number of para-hydroxylation sites is 1. The SMILES string of the molecule is O=C(NCCc1ccccc1)C(O)c1c[nH]c2ccccc12. The maximum atomic E-state index is 12.1. The van der Waals surface area contributed by atoms with Crippen molar-refractivity contribution in [1.29, 1.82) is 0 Å². The van der Waals surface area contributed by atoms with E-state index in [0.29, 0.717) is 12.1 Å². The Bertz CT molecular complexity index is 765. The van der Waals surface area contributed by atoms with E-state index in [9.17, 15) is 9.90 Å². The molecule has 2 aromatic carbocycles. The highest BCUT2D eigenvalue weighted by atomic mass is 16.3. The number of carbonyl (C=O) groups excluding carboxylic acids is 1. The summed E-state index contributed by atoms with van der Waals surface area (Å²) in [4.78, 5) is 15.2. The highest BCUT2D eigenvalue weighted by Gasteiger charge is 2.20. The molecule has 1 atom stereocenters. The number of carbonyl (C=O) groups is 1. The van der Waals surface area contributed by atoms with Gasteiger partial charge in [0, 0.05) is 29.2 Å². The van der Waals surface area contributed by atoms with Crippen molar-refractivity contribution in [3.05, 3.63) is 71.9 Å².